The summed E-state index contributed by atoms with van der Waals surface area (Å²) < 4.78 is 5.41. The predicted molar refractivity (Wildman–Crippen MR) is 102 cm³/mol. The van der Waals surface area contributed by atoms with Crippen LogP contribution in [0.25, 0.3) is 0 Å². The normalized spacial score (nSPS) is 12.9. The molecule has 1 heterocycles. The molecule has 0 saturated heterocycles. The third-order valence-corrected chi connectivity index (χ3v) is 4.26. The van der Waals surface area contributed by atoms with Crippen molar-refractivity contribution in [3.05, 3.63) is 24.2 Å². The fourth-order valence-corrected chi connectivity index (χ4v) is 2.57. The minimum Gasteiger partial charge on any atom is -0.464 e. The summed E-state index contributed by atoms with van der Waals surface area (Å²) in [7, 11) is 0. The van der Waals surface area contributed by atoms with Gasteiger partial charge in [-0.3, -0.25) is 0 Å². The summed E-state index contributed by atoms with van der Waals surface area (Å²) in [4.78, 5) is 22.4. The summed E-state index contributed by atoms with van der Waals surface area (Å²) in [5, 5.41) is 0. The molecule has 0 radical (unpaired) electrons. The van der Waals surface area contributed by atoms with Crippen molar-refractivity contribution >= 4 is 0 Å². The zero-order valence-electron chi connectivity index (χ0n) is 17.5. The standard InChI is InChI=1S/C21H38O5/c1-7-9-11-15-20(3,4)25-23-19(18-14-13-17-22-18)24-26-21(5,6)16-12-10-8-2/h13-14,17,19H,7-12,15-16H2,1-6H3. The van der Waals surface area contributed by atoms with Gasteiger partial charge in [-0.05, 0) is 52.7 Å². The van der Waals surface area contributed by atoms with Crippen molar-refractivity contribution in [2.45, 2.75) is 110 Å². The first-order valence-electron chi connectivity index (χ1n) is 10.0. The average molecular weight is 371 g/mol. The van der Waals surface area contributed by atoms with Crippen molar-refractivity contribution in [2.24, 2.45) is 0 Å². The molecule has 1 aromatic heterocycles. The molecule has 5 nitrogen and oxygen atoms in total. The highest BCUT2D eigenvalue weighted by atomic mass is 17.3. The molecule has 0 aliphatic carbocycles. The first-order valence-corrected chi connectivity index (χ1v) is 10.0. The van der Waals surface area contributed by atoms with Gasteiger partial charge >= 0.3 is 0 Å². The second-order valence-electron chi connectivity index (χ2n) is 8.14. The van der Waals surface area contributed by atoms with E-state index in [4.69, 9.17) is 24.0 Å². The molecular weight excluding hydrogens is 332 g/mol. The van der Waals surface area contributed by atoms with Gasteiger partial charge in [-0.25, -0.2) is 9.78 Å². The molecule has 0 N–H and O–H groups in total. The van der Waals surface area contributed by atoms with Crippen LogP contribution < -0.4 is 0 Å². The average Bonchev–Trinajstić information content (AvgIpc) is 3.09. The van der Waals surface area contributed by atoms with Crippen molar-refractivity contribution in [3.63, 3.8) is 0 Å². The maximum Gasteiger partial charge on any atom is 0.281 e. The summed E-state index contributed by atoms with van der Waals surface area (Å²) in [6.45, 7) is 12.4. The second-order valence-corrected chi connectivity index (χ2v) is 8.14. The first kappa shape index (κ1) is 23.2. The van der Waals surface area contributed by atoms with E-state index in [0.29, 0.717) is 5.76 Å². The smallest absolute Gasteiger partial charge is 0.281 e. The number of rotatable bonds is 15. The Morgan fingerprint density at radius 2 is 1.35 bits per heavy atom. The molecule has 0 unspecified atom stereocenters. The molecular formula is C21H38O5. The van der Waals surface area contributed by atoms with Crippen molar-refractivity contribution in [1.82, 2.24) is 0 Å². The summed E-state index contributed by atoms with van der Waals surface area (Å²) in [6.07, 6.45) is 9.45. The van der Waals surface area contributed by atoms with Gasteiger partial charge in [-0.15, -0.1) is 0 Å². The van der Waals surface area contributed by atoms with Crippen molar-refractivity contribution < 1.29 is 24.0 Å². The molecule has 0 spiro atoms. The van der Waals surface area contributed by atoms with E-state index in [-0.39, 0.29) is 0 Å². The van der Waals surface area contributed by atoms with Gasteiger partial charge in [0.15, 0.2) is 5.76 Å². The molecule has 1 aromatic rings. The van der Waals surface area contributed by atoms with E-state index in [0.717, 1.165) is 25.7 Å². The van der Waals surface area contributed by atoms with Crippen LogP contribution in [-0.2, 0) is 19.6 Å². The summed E-state index contributed by atoms with van der Waals surface area (Å²) in [5.41, 5.74) is -0.806. The molecule has 1 rings (SSSR count). The molecule has 26 heavy (non-hydrogen) atoms. The first-order chi connectivity index (χ1) is 12.3. The topological polar surface area (TPSA) is 50.1 Å². The van der Waals surface area contributed by atoms with Gasteiger partial charge in [0.1, 0.15) is 0 Å². The minimum atomic E-state index is -0.860. The van der Waals surface area contributed by atoms with Crippen LogP contribution in [0.1, 0.15) is 105 Å². The number of unbranched alkanes of at least 4 members (excludes halogenated alkanes) is 4. The number of hydrogen-bond donors (Lipinski definition) is 0. The molecule has 0 amide bonds. The lowest BCUT2D eigenvalue weighted by Gasteiger charge is -2.28. The summed E-state index contributed by atoms with van der Waals surface area (Å²) >= 11 is 0. The molecule has 152 valence electrons. The van der Waals surface area contributed by atoms with Gasteiger partial charge in [0.05, 0.1) is 17.5 Å². The van der Waals surface area contributed by atoms with Gasteiger partial charge in [0.2, 0.25) is 0 Å². The molecule has 5 heteroatoms. The van der Waals surface area contributed by atoms with E-state index < -0.39 is 17.5 Å². The van der Waals surface area contributed by atoms with Crippen LogP contribution in [0.15, 0.2) is 22.8 Å². The Morgan fingerprint density at radius 3 is 1.73 bits per heavy atom. The van der Waals surface area contributed by atoms with E-state index in [1.807, 2.05) is 27.7 Å². The third-order valence-electron chi connectivity index (χ3n) is 4.26. The monoisotopic (exact) mass is 370 g/mol. The Labute approximate surface area is 159 Å². The number of furan rings is 1. The predicted octanol–water partition coefficient (Wildman–Crippen LogP) is 6.89. The van der Waals surface area contributed by atoms with E-state index in [2.05, 4.69) is 13.8 Å². The van der Waals surface area contributed by atoms with Crippen LogP contribution in [0.2, 0.25) is 0 Å². The molecule has 0 fully saturated rings. The molecule has 0 bridgehead atoms. The Morgan fingerprint density at radius 1 is 0.846 bits per heavy atom. The lowest BCUT2D eigenvalue weighted by atomic mass is 10.0. The van der Waals surface area contributed by atoms with Crippen LogP contribution in [0.3, 0.4) is 0 Å². The van der Waals surface area contributed by atoms with Crippen LogP contribution in [0.4, 0.5) is 0 Å². The second kappa shape index (κ2) is 11.8. The molecule has 0 aliphatic heterocycles. The molecule has 0 atom stereocenters. The molecule has 0 saturated carbocycles. The Hall–Kier alpha value is -0.880. The zero-order chi connectivity index (χ0) is 19.5. The van der Waals surface area contributed by atoms with Gasteiger partial charge < -0.3 is 4.42 Å². The summed E-state index contributed by atoms with van der Waals surface area (Å²) in [6, 6.07) is 3.57. The lowest BCUT2D eigenvalue weighted by molar-refractivity contribution is -0.508. The Kier molecular flexibility index (Phi) is 10.5. The van der Waals surface area contributed by atoms with Crippen LogP contribution in [0.5, 0.6) is 0 Å². The van der Waals surface area contributed by atoms with Gasteiger partial charge in [0, 0.05) is 0 Å². The van der Waals surface area contributed by atoms with Gasteiger partial charge in [-0.1, -0.05) is 52.4 Å². The SMILES string of the molecule is CCCCCC(C)(C)OOC(OOC(C)(C)CCCCC)c1ccco1. The number of hydrogen-bond acceptors (Lipinski definition) is 5. The van der Waals surface area contributed by atoms with Gasteiger partial charge in [-0.2, -0.15) is 9.78 Å². The van der Waals surface area contributed by atoms with Crippen LogP contribution in [0, 0.1) is 0 Å². The van der Waals surface area contributed by atoms with Crippen LogP contribution >= 0.6 is 0 Å². The van der Waals surface area contributed by atoms with Crippen molar-refractivity contribution in [3.8, 4) is 0 Å². The van der Waals surface area contributed by atoms with E-state index >= 15 is 0 Å². The Bertz CT molecular complexity index is 427. The highest BCUT2D eigenvalue weighted by Gasteiger charge is 2.28. The van der Waals surface area contributed by atoms with E-state index in [1.54, 1.807) is 18.4 Å². The summed E-state index contributed by atoms with van der Waals surface area (Å²) in [5.74, 6) is 0.513. The maximum atomic E-state index is 5.66. The molecule has 0 aromatic carbocycles. The third kappa shape index (κ3) is 9.72. The molecule has 0 aliphatic rings. The quantitative estimate of drug-likeness (QED) is 0.145. The maximum absolute atomic E-state index is 5.66. The van der Waals surface area contributed by atoms with Crippen LogP contribution in [-0.4, -0.2) is 11.2 Å². The van der Waals surface area contributed by atoms with E-state index in [9.17, 15) is 0 Å². The van der Waals surface area contributed by atoms with Gasteiger partial charge in [0.25, 0.3) is 6.29 Å². The Balaban J connectivity index is 2.55. The fourth-order valence-electron chi connectivity index (χ4n) is 2.57. The van der Waals surface area contributed by atoms with E-state index in [1.165, 1.54) is 25.7 Å². The minimum absolute atomic E-state index is 0.403. The fraction of sp³-hybridized carbons (Fsp3) is 0.810. The largest absolute Gasteiger partial charge is 0.464 e. The van der Waals surface area contributed by atoms with Crippen molar-refractivity contribution in [1.29, 1.82) is 0 Å². The lowest BCUT2D eigenvalue weighted by Crippen LogP contribution is -2.29. The van der Waals surface area contributed by atoms with Crippen molar-refractivity contribution in [2.75, 3.05) is 0 Å². The highest BCUT2D eigenvalue weighted by Crippen LogP contribution is 2.28. The zero-order valence-corrected chi connectivity index (χ0v) is 17.5. The highest BCUT2D eigenvalue weighted by molar-refractivity contribution is 4.99.